The Hall–Kier alpha value is -3.06. The highest BCUT2D eigenvalue weighted by atomic mass is 32.2. The number of benzene rings is 2. The van der Waals surface area contributed by atoms with Crippen molar-refractivity contribution in [1.82, 2.24) is 14.8 Å². The van der Waals surface area contributed by atoms with E-state index in [2.05, 4.69) is 29.0 Å². The first-order valence-electron chi connectivity index (χ1n) is 9.94. The second-order valence-corrected chi connectivity index (χ2v) is 7.42. The molecule has 0 saturated heterocycles. The molecule has 3 rings (SSSR count). The van der Waals surface area contributed by atoms with Gasteiger partial charge < -0.3 is 10.1 Å². The number of nitrogens with zero attached hydrogens (tertiary/aromatic N) is 3. The number of para-hydroxylation sites is 2. The van der Waals surface area contributed by atoms with Crippen molar-refractivity contribution in [3.8, 4) is 17.1 Å². The van der Waals surface area contributed by atoms with Crippen LogP contribution in [0.25, 0.3) is 11.4 Å². The molecule has 0 unspecified atom stereocenters. The predicted octanol–water partition coefficient (Wildman–Crippen LogP) is 4.82. The van der Waals surface area contributed by atoms with E-state index in [9.17, 15) is 4.79 Å². The molecule has 156 valence electrons. The second-order valence-electron chi connectivity index (χ2n) is 6.48. The zero-order valence-electron chi connectivity index (χ0n) is 17.3. The van der Waals surface area contributed by atoms with Crippen LogP contribution < -0.4 is 10.1 Å². The smallest absolute Gasteiger partial charge is 0.234 e. The van der Waals surface area contributed by atoms with Crippen LogP contribution in [-0.4, -0.2) is 33.0 Å². The lowest BCUT2D eigenvalue weighted by Gasteiger charge is -2.12. The zero-order chi connectivity index (χ0) is 21.3. The SMILES string of the molecule is C=CCn1c(SCC(=O)Nc2ccccc2CC)nnc1-c1ccccc1OCC. The fourth-order valence-corrected chi connectivity index (χ4v) is 3.84. The molecule has 3 aromatic rings. The van der Waals surface area contributed by atoms with Crippen LogP contribution in [0.5, 0.6) is 5.75 Å². The van der Waals surface area contributed by atoms with Crippen molar-refractivity contribution in [3.63, 3.8) is 0 Å². The largest absolute Gasteiger partial charge is 0.493 e. The van der Waals surface area contributed by atoms with E-state index in [4.69, 9.17) is 4.74 Å². The molecule has 6 nitrogen and oxygen atoms in total. The number of carbonyl (C=O) groups excluding carboxylic acids is 1. The molecule has 30 heavy (non-hydrogen) atoms. The Morgan fingerprint density at radius 1 is 1.17 bits per heavy atom. The Labute approximate surface area is 181 Å². The summed E-state index contributed by atoms with van der Waals surface area (Å²) in [7, 11) is 0. The van der Waals surface area contributed by atoms with E-state index < -0.39 is 0 Å². The molecule has 0 aliphatic carbocycles. The van der Waals surface area contributed by atoms with E-state index in [0.717, 1.165) is 29.0 Å². The minimum Gasteiger partial charge on any atom is -0.493 e. The third kappa shape index (κ3) is 5.10. The lowest BCUT2D eigenvalue weighted by molar-refractivity contribution is -0.113. The van der Waals surface area contributed by atoms with Gasteiger partial charge in [0.05, 0.1) is 17.9 Å². The first kappa shape index (κ1) is 21.6. The number of aromatic nitrogens is 3. The highest BCUT2D eigenvalue weighted by Gasteiger charge is 2.18. The minimum atomic E-state index is -0.0784. The van der Waals surface area contributed by atoms with Gasteiger partial charge in [-0.1, -0.05) is 55.1 Å². The lowest BCUT2D eigenvalue weighted by atomic mass is 10.1. The molecule has 0 radical (unpaired) electrons. The predicted molar refractivity (Wildman–Crippen MR) is 122 cm³/mol. The van der Waals surface area contributed by atoms with Crippen molar-refractivity contribution >= 4 is 23.4 Å². The van der Waals surface area contributed by atoms with E-state index in [1.54, 1.807) is 6.08 Å². The van der Waals surface area contributed by atoms with Gasteiger partial charge in [0, 0.05) is 12.2 Å². The number of hydrogen-bond donors (Lipinski definition) is 1. The maximum atomic E-state index is 12.5. The van der Waals surface area contributed by atoms with Gasteiger partial charge in [-0.15, -0.1) is 16.8 Å². The van der Waals surface area contributed by atoms with Crippen molar-refractivity contribution in [3.05, 3.63) is 66.7 Å². The lowest BCUT2D eigenvalue weighted by Crippen LogP contribution is -2.15. The number of rotatable bonds is 10. The standard InChI is InChI=1S/C23H26N4O2S/c1-4-15-27-22(18-12-8-10-14-20(18)29-6-3)25-26-23(27)30-16-21(28)24-19-13-9-7-11-17(19)5-2/h4,7-14H,1,5-6,15-16H2,2-3H3,(H,24,28). The van der Waals surface area contributed by atoms with E-state index in [1.807, 2.05) is 60.0 Å². The van der Waals surface area contributed by atoms with Gasteiger partial charge in [0.15, 0.2) is 11.0 Å². The first-order valence-corrected chi connectivity index (χ1v) is 10.9. The van der Waals surface area contributed by atoms with Gasteiger partial charge in [-0.2, -0.15) is 0 Å². The molecule has 0 fully saturated rings. The van der Waals surface area contributed by atoms with Gasteiger partial charge in [-0.05, 0) is 37.1 Å². The molecular weight excluding hydrogens is 396 g/mol. The minimum absolute atomic E-state index is 0.0784. The quantitative estimate of drug-likeness (QED) is 0.375. The van der Waals surface area contributed by atoms with Crippen molar-refractivity contribution in [2.75, 3.05) is 17.7 Å². The summed E-state index contributed by atoms with van der Waals surface area (Å²) in [6.07, 6.45) is 2.65. The molecule has 0 spiro atoms. The molecule has 0 saturated carbocycles. The Morgan fingerprint density at radius 3 is 2.70 bits per heavy atom. The molecule has 7 heteroatoms. The number of thioether (sulfide) groups is 1. The van der Waals surface area contributed by atoms with E-state index >= 15 is 0 Å². The average Bonchev–Trinajstić information content (AvgIpc) is 3.16. The van der Waals surface area contributed by atoms with E-state index in [-0.39, 0.29) is 11.7 Å². The Kier molecular flexibility index (Phi) is 7.68. The number of aryl methyl sites for hydroxylation is 1. The molecular formula is C23H26N4O2S. The van der Waals surface area contributed by atoms with Gasteiger partial charge in [0.1, 0.15) is 5.75 Å². The summed E-state index contributed by atoms with van der Waals surface area (Å²) >= 11 is 1.35. The summed E-state index contributed by atoms with van der Waals surface area (Å²) in [5.41, 5.74) is 2.83. The molecule has 1 aromatic heterocycles. The number of nitrogens with one attached hydrogen (secondary N) is 1. The average molecular weight is 423 g/mol. The third-order valence-corrected chi connectivity index (χ3v) is 5.43. The molecule has 1 heterocycles. The fourth-order valence-electron chi connectivity index (χ4n) is 3.09. The molecule has 0 bridgehead atoms. The van der Waals surface area contributed by atoms with Crippen LogP contribution in [0.1, 0.15) is 19.4 Å². The normalized spacial score (nSPS) is 10.6. The Bertz CT molecular complexity index is 1020. The van der Waals surface area contributed by atoms with Crippen LogP contribution in [0.15, 0.2) is 66.3 Å². The molecule has 2 aromatic carbocycles. The van der Waals surface area contributed by atoms with Gasteiger partial charge in [0.2, 0.25) is 5.91 Å². The van der Waals surface area contributed by atoms with Crippen LogP contribution in [0, 0.1) is 0 Å². The van der Waals surface area contributed by atoms with Crippen LogP contribution in [0.4, 0.5) is 5.69 Å². The van der Waals surface area contributed by atoms with Crippen molar-refractivity contribution in [2.24, 2.45) is 0 Å². The van der Waals surface area contributed by atoms with Crippen LogP contribution >= 0.6 is 11.8 Å². The Morgan fingerprint density at radius 2 is 1.93 bits per heavy atom. The molecule has 0 atom stereocenters. The summed E-state index contributed by atoms with van der Waals surface area (Å²) in [4.78, 5) is 12.5. The maximum absolute atomic E-state index is 12.5. The number of hydrogen-bond acceptors (Lipinski definition) is 5. The summed E-state index contributed by atoms with van der Waals surface area (Å²) in [6.45, 7) is 8.96. The van der Waals surface area contributed by atoms with Gasteiger partial charge >= 0.3 is 0 Å². The summed E-state index contributed by atoms with van der Waals surface area (Å²) in [5, 5.41) is 12.3. The topological polar surface area (TPSA) is 69.0 Å². The second kappa shape index (κ2) is 10.6. The highest BCUT2D eigenvalue weighted by molar-refractivity contribution is 7.99. The van der Waals surface area contributed by atoms with Crippen LogP contribution in [0.2, 0.25) is 0 Å². The number of allylic oxidation sites excluding steroid dienone is 1. The van der Waals surface area contributed by atoms with Gasteiger partial charge in [-0.25, -0.2) is 0 Å². The van der Waals surface area contributed by atoms with E-state index in [0.29, 0.717) is 24.1 Å². The number of carbonyl (C=O) groups is 1. The Balaban J connectivity index is 1.77. The monoisotopic (exact) mass is 422 g/mol. The maximum Gasteiger partial charge on any atom is 0.234 e. The summed E-state index contributed by atoms with van der Waals surface area (Å²) in [5.74, 6) is 1.60. The van der Waals surface area contributed by atoms with Gasteiger partial charge in [0.25, 0.3) is 0 Å². The molecule has 0 aliphatic heterocycles. The van der Waals surface area contributed by atoms with Crippen molar-refractivity contribution < 1.29 is 9.53 Å². The number of anilines is 1. The zero-order valence-corrected chi connectivity index (χ0v) is 18.1. The van der Waals surface area contributed by atoms with Gasteiger partial charge in [-0.3, -0.25) is 9.36 Å². The summed E-state index contributed by atoms with van der Waals surface area (Å²) in [6, 6.07) is 15.6. The third-order valence-electron chi connectivity index (χ3n) is 4.46. The van der Waals surface area contributed by atoms with Crippen LogP contribution in [0.3, 0.4) is 0 Å². The van der Waals surface area contributed by atoms with Crippen molar-refractivity contribution in [2.45, 2.75) is 32.0 Å². The molecule has 0 aliphatic rings. The molecule has 1 N–H and O–H groups in total. The van der Waals surface area contributed by atoms with Crippen LogP contribution in [-0.2, 0) is 17.8 Å². The van der Waals surface area contributed by atoms with Crippen molar-refractivity contribution in [1.29, 1.82) is 0 Å². The number of ether oxygens (including phenoxy) is 1. The first-order chi connectivity index (χ1) is 14.7. The summed E-state index contributed by atoms with van der Waals surface area (Å²) < 4.78 is 7.69. The molecule has 1 amide bonds. The van der Waals surface area contributed by atoms with E-state index in [1.165, 1.54) is 11.8 Å². The highest BCUT2D eigenvalue weighted by Crippen LogP contribution is 2.31. The fraction of sp³-hybridized carbons (Fsp3) is 0.261. The number of amides is 1.